The van der Waals surface area contributed by atoms with Crippen LogP contribution < -0.4 is 15.2 Å². The summed E-state index contributed by atoms with van der Waals surface area (Å²) in [7, 11) is -4.07. The molecule has 2 aromatic rings. The highest BCUT2D eigenvalue weighted by Gasteiger charge is 2.41. The summed E-state index contributed by atoms with van der Waals surface area (Å²) >= 11 is 0. The van der Waals surface area contributed by atoms with Crippen LogP contribution >= 0.6 is 0 Å². The number of anilines is 1. The Labute approximate surface area is 198 Å². The number of hydrogen-bond acceptors (Lipinski definition) is 4. The van der Waals surface area contributed by atoms with Gasteiger partial charge in [-0.1, -0.05) is 6.07 Å². The maximum Gasteiger partial charge on any atom is 0.275 e. The van der Waals surface area contributed by atoms with Gasteiger partial charge in [0.05, 0.1) is 24.0 Å². The van der Waals surface area contributed by atoms with Gasteiger partial charge in [0.15, 0.2) is 0 Å². The van der Waals surface area contributed by atoms with E-state index < -0.39 is 15.8 Å². The van der Waals surface area contributed by atoms with Crippen molar-refractivity contribution in [3.8, 4) is 0 Å². The molecule has 0 saturated carbocycles. The molecule has 182 valence electrons. The Balaban J connectivity index is 1.34. The van der Waals surface area contributed by atoms with E-state index in [4.69, 9.17) is 0 Å². The second-order valence-corrected chi connectivity index (χ2v) is 11.5. The minimum absolute atomic E-state index is 0.0196. The molecule has 34 heavy (non-hydrogen) atoms. The molecule has 1 aromatic carbocycles. The Bertz CT molecular complexity index is 1270. The fraction of sp³-hybridized carbons (Fsp3) is 0.500. The summed E-state index contributed by atoms with van der Waals surface area (Å²) in [5, 5.41) is 0. The Kier molecular flexibility index (Phi) is 5.97. The topological polar surface area (TPSA) is 92.9 Å². The number of rotatable bonds is 4. The van der Waals surface area contributed by atoms with Crippen LogP contribution in [0.2, 0.25) is 0 Å². The number of hydrogen-bond donors (Lipinski definition) is 2. The third-order valence-corrected chi connectivity index (χ3v) is 8.98. The molecule has 2 fully saturated rings. The summed E-state index contributed by atoms with van der Waals surface area (Å²) in [6, 6.07) is 8.63. The molecule has 2 saturated heterocycles. The molecule has 3 aliphatic rings. The van der Waals surface area contributed by atoms with Gasteiger partial charge < -0.3 is 14.4 Å². The first kappa shape index (κ1) is 23.0. The maximum atomic E-state index is 13.5. The predicted molar refractivity (Wildman–Crippen MR) is 125 cm³/mol. The maximum absolute atomic E-state index is 13.5. The third-order valence-electron chi connectivity index (χ3n) is 7.61. The summed E-state index contributed by atoms with van der Waals surface area (Å²) in [5.41, 5.74) is 0.576. The number of amides is 1. The Morgan fingerprint density at radius 1 is 1.15 bits per heavy atom. The van der Waals surface area contributed by atoms with Crippen LogP contribution in [0, 0.1) is 11.7 Å². The number of quaternary nitrogens is 1. The van der Waals surface area contributed by atoms with Gasteiger partial charge in [-0.2, -0.15) is 0 Å². The third kappa shape index (κ3) is 4.36. The van der Waals surface area contributed by atoms with Crippen LogP contribution in [-0.4, -0.2) is 56.0 Å². The Morgan fingerprint density at radius 2 is 1.91 bits per heavy atom. The summed E-state index contributed by atoms with van der Waals surface area (Å²) in [6.07, 6.45) is 3.04. The monoisotopic (exact) mass is 489 g/mol. The van der Waals surface area contributed by atoms with Gasteiger partial charge in [0.1, 0.15) is 11.5 Å². The number of piperidine rings is 2. The number of benzene rings is 1. The first-order valence-corrected chi connectivity index (χ1v) is 13.3. The van der Waals surface area contributed by atoms with E-state index in [0.29, 0.717) is 18.5 Å². The SMILES string of the molecule is CC(=O)N1CCC([NH+]2C[C@@H]3C[C@H](C2)c2ccc(NS(=O)(=O)c4cccc(F)c4)c(=O)n2C3)CC1. The molecule has 1 aromatic heterocycles. The van der Waals surface area contributed by atoms with Crippen LogP contribution in [-0.2, 0) is 21.4 Å². The quantitative estimate of drug-likeness (QED) is 0.665. The number of nitrogens with zero attached hydrogens (tertiary/aromatic N) is 2. The first-order valence-electron chi connectivity index (χ1n) is 11.8. The van der Waals surface area contributed by atoms with Crippen LogP contribution in [0.25, 0.3) is 0 Å². The molecule has 1 unspecified atom stereocenters. The molecule has 8 nitrogen and oxygen atoms in total. The zero-order chi connectivity index (χ0) is 24.0. The van der Waals surface area contributed by atoms with Crippen molar-refractivity contribution in [2.75, 3.05) is 30.9 Å². The van der Waals surface area contributed by atoms with Crippen molar-refractivity contribution in [2.24, 2.45) is 5.92 Å². The molecular formula is C24H30FN4O4S+. The van der Waals surface area contributed by atoms with Gasteiger partial charge in [-0.3, -0.25) is 14.3 Å². The molecule has 3 aliphatic heterocycles. The number of fused-ring (bicyclic) bond motifs is 4. The number of sulfonamides is 1. The molecule has 3 atom stereocenters. The largest absolute Gasteiger partial charge is 0.342 e. The van der Waals surface area contributed by atoms with E-state index >= 15 is 0 Å². The van der Waals surface area contributed by atoms with Crippen molar-refractivity contribution in [1.29, 1.82) is 0 Å². The van der Waals surface area contributed by atoms with Crippen molar-refractivity contribution in [1.82, 2.24) is 9.47 Å². The highest BCUT2D eigenvalue weighted by Crippen LogP contribution is 2.31. The van der Waals surface area contributed by atoms with Gasteiger partial charge in [0, 0.05) is 56.9 Å². The van der Waals surface area contributed by atoms with Crippen molar-refractivity contribution >= 4 is 21.6 Å². The molecular weight excluding hydrogens is 459 g/mol. The molecule has 10 heteroatoms. The molecule has 0 aliphatic carbocycles. The average molecular weight is 490 g/mol. The first-order chi connectivity index (χ1) is 16.2. The number of halogens is 1. The smallest absolute Gasteiger partial charge is 0.275 e. The summed E-state index contributed by atoms with van der Waals surface area (Å²) in [5.74, 6) is 0.0766. The minimum atomic E-state index is -4.07. The fourth-order valence-corrected chi connectivity index (χ4v) is 7.04. The number of carbonyl (C=O) groups excluding carboxylic acids is 1. The number of likely N-dealkylation sites (tertiary alicyclic amines) is 2. The van der Waals surface area contributed by atoms with Crippen molar-refractivity contribution in [3.05, 3.63) is 58.3 Å². The van der Waals surface area contributed by atoms with Gasteiger partial charge in [-0.25, -0.2) is 12.8 Å². The van der Waals surface area contributed by atoms with Gasteiger partial charge >= 0.3 is 0 Å². The van der Waals surface area contributed by atoms with E-state index in [9.17, 15) is 22.4 Å². The summed E-state index contributed by atoms with van der Waals surface area (Å²) < 4.78 is 43.0. The van der Waals surface area contributed by atoms with Gasteiger partial charge in [-0.05, 0) is 36.8 Å². The van der Waals surface area contributed by atoms with Crippen LogP contribution in [0.1, 0.15) is 37.8 Å². The molecule has 0 spiro atoms. The van der Waals surface area contributed by atoms with E-state index in [1.165, 1.54) is 24.3 Å². The predicted octanol–water partition coefficient (Wildman–Crippen LogP) is 0.801. The molecule has 1 amide bonds. The highest BCUT2D eigenvalue weighted by atomic mass is 32.2. The number of aromatic nitrogens is 1. The van der Waals surface area contributed by atoms with Crippen molar-refractivity contribution in [3.63, 3.8) is 0 Å². The normalized spacial score (nSPS) is 25.0. The Morgan fingerprint density at radius 3 is 2.62 bits per heavy atom. The number of pyridine rings is 1. The standard InChI is InChI=1S/C24H29FN4O4S/c1-16(30)27-9-7-20(8-10-27)28-13-17-11-18(15-28)23-6-5-22(24(31)29(23)14-17)26-34(32,33)21-4-2-3-19(25)12-21/h2-6,12,17-18,20,26H,7-11,13-15H2,1H3/p+1/t17-,18+/m0/s1. The minimum Gasteiger partial charge on any atom is -0.342 e. The van der Waals surface area contributed by atoms with Crippen LogP contribution in [0.15, 0.2) is 46.1 Å². The van der Waals surface area contributed by atoms with E-state index in [-0.39, 0.29) is 28.0 Å². The van der Waals surface area contributed by atoms with E-state index in [1.54, 1.807) is 16.4 Å². The second-order valence-electron chi connectivity index (χ2n) is 9.80. The molecule has 2 bridgehead atoms. The molecule has 0 radical (unpaired) electrons. The lowest BCUT2D eigenvalue weighted by Crippen LogP contribution is -3.18. The summed E-state index contributed by atoms with van der Waals surface area (Å²) in [4.78, 5) is 28.1. The lowest BCUT2D eigenvalue weighted by atomic mass is 9.82. The molecule has 2 N–H and O–H groups in total. The Hall–Kier alpha value is -2.72. The van der Waals surface area contributed by atoms with Crippen LogP contribution in [0.5, 0.6) is 0 Å². The average Bonchev–Trinajstić information content (AvgIpc) is 2.81. The molecule has 4 heterocycles. The zero-order valence-electron chi connectivity index (χ0n) is 19.2. The van der Waals surface area contributed by atoms with Gasteiger partial charge in [0.2, 0.25) is 5.91 Å². The zero-order valence-corrected chi connectivity index (χ0v) is 20.0. The van der Waals surface area contributed by atoms with Crippen molar-refractivity contribution in [2.45, 2.75) is 49.6 Å². The molecule has 5 rings (SSSR count). The van der Waals surface area contributed by atoms with Crippen LogP contribution in [0.4, 0.5) is 10.1 Å². The summed E-state index contributed by atoms with van der Waals surface area (Å²) in [6.45, 7) is 5.73. The number of nitrogens with one attached hydrogen (secondary N) is 2. The van der Waals surface area contributed by atoms with E-state index in [1.807, 2.05) is 11.0 Å². The highest BCUT2D eigenvalue weighted by molar-refractivity contribution is 7.92. The number of carbonyl (C=O) groups is 1. The second kappa shape index (κ2) is 8.81. The van der Waals surface area contributed by atoms with Gasteiger partial charge in [-0.15, -0.1) is 0 Å². The van der Waals surface area contributed by atoms with Crippen molar-refractivity contribution < 1.29 is 22.5 Å². The lowest BCUT2D eigenvalue weighted by Gasteiger charge is -2.45. The van der Waals surface area contributed by atoms with Gasteiger partial charge in [0.25, 0.3) is 15.6 Å². The fourth-order valence-electron chi connectivity index (χ4n) is 5.95. The van der Waals surface area contributed by atoms with E-state index in [0.717, 1.165) is 57.2 Å². The lowest BCUT2D eigenvalue weighted by molar-refractivity contribution is -0.937. The van der Waals surface area contributed by atoms with Crippen LogP contribution in [0.3, 0.4) is 0 Å². The van der Waals surface area contributed by atoms with E-state index in [2.05, 4.69) is 4.72 Å².